The second-order valence-corrected chi connectivity index (χ2v) is 5.42. The third kappa shape index (κ3) is 1.85. The van der Waals surface area contributed by atoms with Crippen molar-refractivity contribution in [2.45, 2.75) is 25.8 Å². The van der Waals surface area contributed by atoms with Crippen molar-refractivity contribution in [3.8, 4) is 0 Å². The fourth-order valence-corrected chi connectivity index (χ4v) is 3.35. The van der Waals surface area contributed by atoms with Gasteiger partial charge in [0.15, 0.2) is 0 Å². The van der Waals surface area contributed by atoms with Crippen molar-refractivity contribution in [1.29, 1.82) is 0 Å². The second kappa shape index (κ2) is 4.14. The number of aliphatic carboxylic acids is 1. The van der Waals surface area contributed by atoms with Crippen LogP contribution in [0.5, 0.6) is 0 Å². The first kappa shape index (κ1) is 11.5. The van der Waals surface area contributed by atoms with Crippen molar-refractivity contribution in [2.75, 3.05) is 14.1 Å². The van der Waals surface area contributed by atoms with Crippen LogP contribution in [0, 0.1) is 12.8 Å². The molecule has 4 nitrogen and oxygen atoms in total. The third-order valence-electron chi connectivity index (χ3n) is 3.23. The van der Waals surface area contributed by atoms with E-state index in [-0.39, 0.29) is 12.0 Å². The highest BCUT2D eigenvalue weighted by molar-refractivity contribution is 7.06. The molecule has 0 spiro atoms. The van der Waals surface area contributed by atoms with Gasteiger partial charge in [0.25, 0.3) is 0 Å². The lowest BCUT2D eigenvalue weighted by atomic mass is 9.84. The Morgan fingerprint density at radius 1 is 1.56 bits per heavy atom. The summed E-state index contributed by atoms with van der Waals surface area (Å²) < 4.78 is 4.35. The van der Waals surface area contributed by atoms with Crippen LogP contribution >= 0.6 is 11.5 Å². The topological polar surface area (TPSA) is 53.4 Å². The number of carbonyl (C=O) groups is 1. The monoisotopic (exact) mass is 240 g/mol. The Hall–Kier alpha value is -0.940. The largest absolute Gasteiger partial charge is 0.481 e. The van der Waals surface area contributed by atoms with Crippen molar-refractivity contribution < 1.29 is 9.90 Å². The maximum absolute atomic E-state index is 11.1. The summed E-state index contributed by atoms with van der Waals surface area (Å²) >= 11 is 1.45. The molecule has 0 saturated carbocycles. The zero-order valence-corrected chi connectivity index (χ0v) is 10.5. The van der Waals surface area contributed by atoms with E-state index in [1.807, 2.05) is 21.0 Å². The number of rotatable bonds is 2. The SMILES string of the molecule is Cc1nsc2c1C(N(C)C)CC(C(=O)O)C2. The standard InChI is InChI=1S/C11H16N2O2S/c1-6-10-8(13(2)3)4-7(11(14)15)5-9(10)16-12-6/h7-8H,4-5H2,1-3H3,(H,14,15). The number of aryl methyl sites for hydroxylation is 1. The van der Waals surface area contributed by atoms with Crippen LogP contribution in [0.15, 0.2) is 0 Å². The average molecular weight is 240 g/mol. The molecule has 2 atom stereocenters. The number of carboxylic acid groups (broad SMARTS) is 1. The highest BCUT2D eigenvalue weighted by atomic mass is 32.1. The Labute approximate surface area is 99.1 Å². The van der Waals surface area contributed by atoms with Gasteiger partial charge in [-0.15, -0.1) is 0 Å². The van der Waals surface area contributed by atoms with E-state index in [1.54, 1.807) is 0 Å². The van der Waals surface area contributed by atoms with Gasteiger partial charge in [0.1, 0.15) is 0 Å². The van der Waals surface area contributed by atoms with Crippen LogP contribution in [0.3, 0.4) is 0 Å². The Morgan fingerprint density at radius 2 is 2.25 bits per heavy atom. The Kier molecular flexibility index (Phi) is 2.99. The fourth-order valence-electron chi connectivity index (χ4n) is 2.35. The summed E-state index contributed by atoms with van der Waals surface area (Å²) in [6.45, 7) is 2.01. The van der Waals surface area contributed by atoms with Crippen molar-refractivity contribution in [3.63, 3.8) is 0 Å². The van der Waals surface area contributed by atoms with Gasteiger partial charge in [-0.3, -0.25) is 4.79 Å². The zero-order valence-electron chi connectivity index (χ0n) is 9.73. The van der Waals surface area contributed by atoms with Crippen LogP contribution in [0.25, 0.3) is 0 Å². The molecule has 0 aromatic carbocycles. The third-order valence-corrected chi connectivity index (χ3v) is 4.20. The van der Waals surface area contributed by atoms with Crippen LogP contribution in [-0.2, 0) is 11.2 Å². The van der Waals surface area contributed by atoms with E-state index >= 15 is 0 Å². The van der Waals surface area contributed by atoms with Crippen molar-refractivity contribution in [3.05, 3.63) is 16.1 Å². The van der Waals surface area contributed by atoms with E-state index in [4.69, 9.17) is 5.11 Å². The molecule has 5 heteroatoms. The molecule has 1 aliphatic rings. The summed E-state index contributed by atoms with van der Waals surface area (Å²) in [6, 6.07) is 0.198. The summed E-state index contributed by atoms with van der Waals surface area (Å²) in [5, 5.41) is 9.14. The Balaban J connectivity index is 2.39. The van der Waals surface area contributed by atoms with Gasteiger partial charge in [-0.2, -0.15) is 4.37 Å². The molecule has 1 N–H and O–H groups in total. The van der Waals surface area contributed by atoms with Crippen LogP contribution in [0.1, 0.15) is 28.6 Å². The fraction of sp³-hybridized carbons (Fsp3) is 0.636. The molecule has 1 aliphatic carbocycles. The quantitative estimate of drug-likeness (QED) is 0.855. The molecule has 88 valence electrons. The highest BCUT2D eigenvalue weighted by Gasteiger charge is 2.34. The van der Waals surface area contributed by atoms with Crippen molar-refractivity contribution in [1.82, 2.24) is 9.27 Å². The normalized spacial score (nSPS) is 24.5. The summed E-state index contributed by atoms with van der Waals surface area (Å²) in [7, 11) is 3.99. The number of carboxylic acids is 1. The molecule has 16 heavy (non-hydrogen) atoms. The molecule has 0 fully saturated rings. The zero-order chi connectivity index (χ0) is 11.9. The minimum absolute atomic E-state index is 0.198. The van der Waals surface area contributed by atoms with Crippen LogP contribution < -0.4 is 0 Å². The van der Waals surface area contributed by atoms with Crippen LogP contribution in [-0.4, -0.2) is 34.4 Å². The summed E-state index contributed by atoms with van der Waals surface area (Å²) in [4.78, 5) is 14.3. The van der Waals surface area contributed by atoms with Gasteiger partial charge in [0.05, 0.1) is 11.6 Å². The van der Waals surface area contributed by atoms with E-state index < -0.39 is 5.97 Å². The minimum Gasteiger partial charge on any atom is -0.481 e. The van der Waals surface area contributed by atoms with Crippen LogP contribution in [0.2, 0.25) is 0 Å². The van der Waals surface area contributed by atoms with Gasteiger partial charge >= 0.3 is 5.97 Å². The number of aromatic nitrogens is 1. The molecule has 0 amide bonds. The Morgan fingerprint density at radius 3 is 2.81 bits per heavy atom. The van der Waals surface area contributed by atoms with Gasteiger partial charge in [0, 0.05) is 16.5 Å². The molecule has 0 aliphatic heterocycles. The van der Waals surface area contributed by atoms with Gasteiger partial charge in [-0.25, -0.2) is 0 Å². The molecule has 2 unspecified atom stereocenters. The lowest BCUT2D eigenvalue weighted by Gasteiger charge is -2.31. The molecule has 1 heterocycles. The predicted octanol–water partition coefficient (Wildman–Crippen LogP) is 1.70. The average Bonchev–Trinajstić information content (AvgIpc) is 2.59. The van der Waals surface area contributed by atoms with Crippen molar-refractivity contribution in [2.24, 2.45) is 5.92 Å². The maximum Gasteiger partial charge on any atom is 0.306 e. The van der Waals surface area contributed by atoms with Crippen molar-refractivity contribution >= 4 is 17.5 Å². The highest BCUT2D eigenvalue weighted by Crippen LogP contribution is 2.39. The van der Waals surface area contributed by atoms with Gasteiger partial charge in [0.2, 0.25) is 0 Å². The Bertz CT molecular complexity index is 414. The first-order valence-corrected chi connectivity index (χ1v) is 6.12. The van der Waals surface area contributed by atoms with E-state index in [9.17, 15) is 4.79 Å². The van der Waals surface area contributed by atoms with E-state index in [1.165, 1.54) is 17.1 Å². The number of nitrogens with zero attached hydrogens (tertiary/aromatic N) is 2. The number of hydrogen-bond donors (Lipinski definition) is 1. The molecule has 0 saturated heterocycles. The summed E-state index contributed by atoms with van der Waals surface area (Å²) in [5.41, 5.74) is 2.31. The first-order chi connectivity index (χ1) is 7.50. The summed E-state index contributed by atoms with van der Waals surface area (Å²) in [5.74, 6) is -0.955. The van der Waals surface area contributed by atoms with E-state index in [0.29, 0.717) is 12.8 Å². The minimum atomic E-state index is -0.691. The number of hydrogen-bond acceptors (Lipinski definition) is 4. The molecule has 1 aromatic rings. The van der Waals surface area contributed by atoms with E-state index in [2.05, 4.69) is 9.27 Å². The lowest BCUT2D eigenvalue weighted by Crippen LogP contribution is -2.31. The van der Waals surface area contributed by atoms with Gasteiger partial charge in [-0.1, -0.05) is 0 Å². The molecule has 0 bridgehead atoms. The molecule has 1 aromatic heterocycles. The van der Waals surface area contributed by atoms with Gasteiger partial charge < -0.3 is 10.0 Å². The maximum atomic E-state index is 11.1. The number of fused-ring (bicyclic) bond motifs is 1. The molecule has 2 rings (SSSR count). The lowest BCUT2D eigenvalue weighted by molar-refractivity contribution is -0.142. The molecular weight excluding hydrogens is 224 g/mol. The predicted molar refractivity (Wildman–Crippen MR) is 62.7 cm³/mol. The molecular formula is C11H16N2O2S. The molecule has 0 radical (unpaired) electrons. The smallest absolute Gasteiger partial charge is 0.306 e. The second-order valence-electron chi connectivity index (χ2n) is 4.56. The van der Waals surface area contributed by atoms with Crippen LogP contribution in [0.4, 0.5) is 0 Å². The van der Waals surface area contributed by atoms with Gasteiger partial charge in [-0.05, 0) is 45.4 Å². The summed E-state index contributed by atoms with van der Waals surface area (Å²) in [6.07, 6.45) is 1.33. The first-order valence-electron chi connectivity index (χ1n) is 5.35. The van der Waals surface area contributed by atoms with E-state index in [0.717, 1.165) is 10.6 Å².